The zero-order chi connectivity index (χ0) is 45.1. The minimum atomic E-state index is -0.237. The van der Waals surface area contributed by atoms with Crippen LogP contribution in [0.4, 0.5) is 11.4 Å². The maximum atomic E-state index is 2.80. The van der Waals surface area contributed by atoms with Crippen molar-refractivity contribution in [2.24, 2.45) is 0 Å². The van der Waals surface area contributed by atoms with Gasteiger partial charge in [0.25, 0.3) is 0 Å². The molecule has 2 aliphatic heterocycles. The number of anilines is 2. The second kappa shape index (κ2) is 12.4. The Morgan fingerprint density at radius 1 is 0.554 bits per heavy atom. The Hall–Kier alpha value is -5.58. The monoisotopic (exact) mass is 862 g/mol. The molecule has 2 aromatic heterocycles. The van der Waals surface area contributed by atoms with Gasteiger partial charge in [-0.15, -0.1) is 11.3 Å². The van der Waals surface area contributed by atoms with Crippen molar-refractivity contribution in [1.82, 2.24) is 4.57 Å². The van der Waals surface area contributed by atoms with E-state index < -0.39 is 0 Å². The van der Waals surface area contributed by atoms with Crippen molar-refractivity contribution in [2.45, 2.75) is 123 Å². The molecule has 322 valence electrons. The van der Waals surface area contributed by atoms with E-state index in [0.717, 1.165) is 0 Å². The fourth-order valence-corrected chi connectivity index (χ4v) is 14.1. The van der Waals surface area contributed by atoms with Crippen LogP contribution in [0.2, 0.25) is 0 Å². The minimum Gasteiger partial charge on any atom is -0.376 e. The van der Waals surface area contributed by atoms with Crippen molar-refractivity contribution in [3.05, 3.63) is 149 Å². The van der Waals surface area contributed by atoms with Crippen LogP contribution in [0.25, 0.3) is 69.9 Å². The molecule has 0 saturated carbocycles. The smallest absolute Gasteiger partial charge is 0.333 e. The molecule has 7 aromatic carbocycles. The number of nitrogens with zero attached hydrogens (tertiary/aromatic N) is 2. The summed E-state index contributed by atoms with van der Waals surface area (Å²) in [7, 11) is 0. The van der Waals surface area contributed by atoms with E-state index in [1.165, 1.54) is 138 Å². The lowest BCUT2D eigenvalue weighted by molar-refractivity contribution is 0.332. The van der Waals surface area contributed by atoms with Gasteiger partial charge in [-0.1, -0.05) is 150 Å². The van der Waals surface area contributed by atoms with Crippen molar-refractivity contribution in [3.8, 4) is 27.9 Å². The van der Waals surface area contributed by atoms with E-state index in [0.29, 0.717) is 0 Å². The molecule has 0 unspecified atom stereocenters. The van der Waals surface area contributed by atoms with E-state index in [1.807, 2.05) is 11.3 Å². The van der Waals surface area contributed by atoms with Crippen LogP contribution in [0.3, 0.4) is 0 Å². The molecule has 4 heterocycles. The molecule has 4 heteroatoms. The zero-order valence-electron chi connectivity index (χ0n) is 40.3. The lowest BCUT2D eigenvalue weighted by Crippen LogP contribution is -2.61. The molecule has 2 aliphatic carbocycles. The van der Waals surface area contributed by atoms with Gasteiger partial charge in [0.05, 0.1) is 11.0 Å². The largest absolute Gasteiger partial charge is 0.376 e. The van der Waals surface area contributed by atoms with Gasteiger partial charge in [-0.3, -0.25) is 0 Å². The summed E-state index contributed by atoms with van der Waals surface area (Å²) in [6.07, 6.45) is 2.35. The summed E-state index contributed by atoms with van der Waals surface area (Å²) in [5.41, 5.74) is 23.7. The first-order valence-corrected chi connectivity index (χ1v) is 24.9. The van der Waals surface area contributed by atoms with Gasteiger partial charge in [0.1, 0.15) is 0 Å². The second-order valence-electron chi connectivity index (χ2n) is 24.0. The van der Waals surface area contributed by atoms with E-state index in [9.17, 15) is 0 Å². The first-order chi connectivity index (χ1) is 30.8. The van der Waals surface area contributed by atoms with Gasteiger partial charge in [0, 0.05) is 59.0 Å². The van der Waals surface area contributed by atoms with Crippen LogP contribution in [-0.2, 0) is 27.1 Å². The van der Waals surface area contributed by atoms with Crippen LogP contribution in [-0.4, -0.2) is 11.4 Å². The van der Waals surface area contributed by atoms with E-state index in [1.54, 1.807) is 0 Å². The third kappa shape index (κ3) is 5.13. The highest BCUT2D eigenvalue weighted by molar-refractivity contribution is 7.26. The molecule has 65 heavy (non-hydrogen) atoms. The maximum Gasteiger partial charge on any atom is 0.333 e. The van der Waals surface area contributed by atoms with Crippen molar-refractivity contribution in [1.29, 1.82) is 0 Å². The van der Waals surface area contributed by atoms with Gasteiger partial charge in [0.2, 0.25) is 0 Å². The minimum absolute atomic E-state index is 0.00430. The number of hydrogen-bond donors (Lipinski definition) is 0. The van der Waals surface area contributed by atoms with Crippen molar-refractivity contribution < 1.29 is 0 Å². The third-order valence-electron chi connectivity index (χ3n) is 16.7. The van der Waals surface area contributed by atoms with Gasteiger partial charge < -0.3 is 9.38 Å². The van der Waals surface area contributed by atoms with Crippen molar-refractivity contribution in [2.75, 3.05) is 4.81 Å². The van der Waals surface area contributed by atoms with E-state index >= 15 is 0 Å². The van der Waals surface area contributed by atoms with Gasteiger partial charge in [-0.25, -0.2) is 0 Å². The molecule has 0 radical (unpaired) electrons. The first-order valence-electron chi connectivity index (χ1n) is 24.1. The zero-order valence-corrected chi connectivity index (χ0v) is 41.1. The van der Waals surface area contributed by atoms with Crippen molar-refractivity contribution in [3.63, 3.8) is 0 Å². The average molecular weight is 863 g/mol. The maximum absolute atomic E-state index is 2.80. The molecular weight excluding hydrogens is 804 g/mol. The Kier molecular flexibility index (Phi) is 7.61. The molecule has 0 amide bonds. The predicted molar refractivity (Wildman–Crippen MR) is 283 cm³/mol. The number of rotatable bonds is 1. The number of aromatic nitrogens is 1. The Morgan fingerprint density at radius 2 is 1.22 bits per heavy atom. The lowest BCUT2D eigenvalue weighted by atomic mass is 9.43. The molecule has 9 aromatic rings. The molecule has 0 atom stereocenters. The summed E-state index contributed by atoms with van der Waals surface area (Å²) >= 11 is 1.93. The number of fused-ring (bicyclic) bond motifs is 17. The normalized spacial score (nSPS) is 17.4. The van der Waals surface area contributed by atoms with E-state index in [4.69, 9.17) is 0 Å². The van der Waals surface area contributed by atoms with Gasteiger partial charge in [0.15, 0.2) is 0 Å². The Labute approximate surface area is 389 Å². The highest BCUT2D eigenvalue weighted by Gasteiger charge is 2.51. The van der Waals surface area contributed by atoms with Crippen LogP contribution < -0.4 is 15.7 Å². The molecule has 13 rings (SSSR count). The highest BCUT2D eigenvalue weighted by atomic mass is 32.1. The molecule has 0 bridgehead atoms. The summed E-state index contributed by atoms with van der Waals surface area (Å²) < 4.78 is 5.41. The number of benzene rings is 7. The molecular formula is C61H59BN2S. The predicted octanol–water partition coefficient (Wildman–Crippen LogP) is 15.6. The summed E-state index contributed by atoms with van der Waals surface area (Å²) in [6, 6.07) is 46.1. The van der Waals surface area contributed by atoms with Gasteiger partial charge >= 0.3 is 6.85 Å². The van der Waals surface area contributed by atoms with Crippen LogP contribution >= 0.6 is 11.3 Å². The summed E-state index contributed by atoms with van der Waals surface area (Å²) in [5.74, 6) is 0. The van der Waals surface area contributed by atoms with Gasteiger partial charge in [-0.05, 0) is 144 Å². The average Bonchev–Trinajstić information content (AvgIpc) is 3.88. The summed E-state index contributed by atoms with van der Waals surface area (Å²) in [4.78, 5) is 2.80. The van der Waals surface area contributed by atoms with Crippen LogP contribution in [0.5, 0.6) is 0 Å². The fourth-order valence-electron chi connectivity index (χ4n) is 13.0. The molecule has 0 fully saturated rings. The standard InChI is InChI=1S/C61H59BN2S/c1-57(2,3)34-21-24-36(25-22-34)64-47-32-44-43(59(7,8)27-28-60(44,9)10)30-41(47)53-54-51(38-18-13-15-19-42(38)61(54,11)12)52-40-29-35(58(4,5)6)23-26-46(40)63-48-33-50-39(37-17-14-16-20-49(37)65-50)31-45(48)62(64)55(53)56(52)63/h13-26,29-33H,27-28H2,1-12H3. The Bertz CT molecular complexity index is 3600. The van der Waals surface area contributed by atoms with Crippen LogP contribution in [0, 0.1) is 0 Å². The van der Waals surface area contributed by atoms with Crippen LogP contribution in [0.1, 0.15) is 129 Å². The highest BCUT2D eigenvalue weighted by Crippen LogP contribution is 2.60. The van der Waals surface area contributed by atoms with Crippen LogP contribution in [0.15, 0.2) is 115 Å². The summed E-state index contributed by atoms with van der Waals surface area (Å²) in [6.45, 7) is 29.0. The lowest BCUT2D eigenvalue weighted by Gasteiger charge is -2.47. The topological polar surface area (TPSA) is 8.17 Å². The Balaban J connectivity index is 1.29. The van der Waals surface area contributed by atoms with E-state index in [2.05, 4.69) is 208 Å². The molecule has 2 nitrogen and oxygen atoms in total. The molecule has 4 aliphatic rings. The van der Waals surface area contributed by atoms with Gasteiger partial charge in [-0.2, -0.15) is 0 Å². The Morgan fingerprint density at radius 3 is 1.94 bits per heavy atom. The first kappa shape index (κ1) is 39.8. The third-order valence-corrected chi connectivity index (χ3v) is 17.8. The van der Waals surface area contributed by atoms with Crippen molar-refractivity contribution >= 4 is 82.5 Å². The second-order valence-corrected chi connectivity index (χ2v) is 25.1. The summed E-state index contributed by atoms with van der Waals surface area (Å²) in [5, 5.41) is 5.48. The fraction of sp³-hybridized carbons (Fsp3) is 0.311. The number of hydrogen-bond acceptors (Lipinski definition) is 2. The van der Waals surface area contributed by atoms with E-state index in [-0.39, 0.29) is 33.9 Å². The number of thiophene rings is 1. The quantitative estimate of drug-likeness (QED) is 0.149. The molecule has 0 spiro atoms. The molecule has 0 saturated heterocycles. The molecule has 0 N–H and O–H groups in total. The SMILES string of the molecule is CC(C)(C)c1ccc(N2B3c4cc5c(cc4-n4c6ccc(C(C)(C)C)cc6c6c7c(c(c3c64)-c3cc4c(cc32)C(C)(C)CCC4(C)C)C(C)(C)c2ccccc2-7)sc2ccccc25)cc1.